The fraction of sp³-hybridized carbons (Fsp3) is 0.312. The lowest BCUT2D eigenvalue weighted by Crippen LogP contribution is -2.43. The molecule has 2 heterocycles. The van der Waals surface area contributed by atoms with Crippen LogP contribution < -0.4 is 16.2 Å². The lowest BCUT2D eigenvalue weighted by Gasteiger charge is -2.22. The number of nitrogens with one attached hydrogen (secondary N) is 2. The smallest absolute Gasteiger partial charge is 0.417 e. The molecule has 0 aliphatic rings. The zero-order valence-electron chi connectivity index (χ0n) is 25.7. The molecule has 2 aromatic heterocycles. The number of rotatable bonds is 9. The van der Waals surface area contributed by atoms with E-state index in [1.54, 1.807) is 0 Å². The summed E-state index contributed by atoms with van der Waals surface area (Å²) < 4.78 is 117. The minimum Gasteiger partial charge on any atom is -0.467 e. The summed E-state index contributed by atoms with van der Waals surface area (Å²) in [6, 6.07) is 3.53. The molecule has 48 heavy (non-hydrogen) atoms. The van der Waals surface area contributed by atoms with E-state index in [1.165, 1.54) is 51.4 Å². The Balaban J connectivity index is 1.73. The van der Waals surface area contributed by atoms with Gasteiger partial charge in [0.05, 0.1) is 23.8 Å². The summed E-state index contributed by atoms with van der Waals surface area (Å²) in [6.45, 7) is 2.56. The van der Waals surface area contributed by atoms with Crippen molar-refractivity contribution < 1.29 is 49.4 Å². The standard InChI is InChI=1S/C32H28F8N4O4/c1-5-24(32(38,39)40)42-17-13-21(33)26(22(34)14-17)28(45)43-23(30(47)48-4)12-16-8-9-19(27-18(16)7-6-10-41-27)25-20(31(35,36)37)11-15(2)44(3)29(25)46/h6-11,13-14,23-24,42H,5,12H2,1-4H3,(H,43,45)/t23-,24+/m0/s1. The number of nitrogens with zero attached hydrogens (tertiary/aromatic N) is 2. The summed E-state index contributed by atoms with van der Waals surface area (Å²) in [4.78, 5) is 43.1. The molecule has 0 unspecified atom stereocenters. The highest BCUT2D eigenvalue weighted by Crippen LogP contribution is 2.38. The van der Waals surface area contributed by atoms with Gasteiger partial charge in [0.1, 0.15) is 29.3 Å². The number of esters is 1. The number of alkyl halides is 6. The van der Waals surface area contributed by atoms with Crippen LogP contribution in [0.1, 0.15) is 40.5 Å². The number of hydrogen-bond donors (Lipinski definition) is 2. The Morgan fingerprint density at radius 1 is 1.02 bits per heavy atom. The Labute approximate surface area is 267 Å². The second kappa shape index (κ2) is 13.6. The van der Waals surface area contributed by atoms with Gasteiger partial charge < -0.3 is 19.9 Å². The zero-order chi connectivity index (χ0) is 35.7. The number of pyridine rings is 2. The molecule has 2 N–H and O–H groups in total. The van der Waals surface area contributed by atoms with Crippen LogP contribution >= 0.6 is 0 Å². The first kappa shape index (κ1) is 35.8. The van der Waals surface area contributed by atoms with Crippen molar-refractivity contribution in [3.8, 4) is 11.1 Å². The zero-order valence-corrected chi connectivity index (χ0v) is 25.7. The van der Waals surface area contributed by atoms with Crippen molar-refractivity contribution in [3.63, 3.8) is 0 Å². The molecule has 0 aliphatic carbocycles. The number of anilines is 1. The average molecular weight is 685 g/mol. The van der Waals surface area contributed by atoms with Crippen LogP contribution in [0.5, 0.6) is 0 Å². The lowest BCUT2D eigenvalue weighted by molar-refractivity contribution is -0.143. The lowest BCUT2D eigenvalue weighted by atomic mass is 9.93. The van der Waals surface area contributed by atoms with Gasteiger partial charge in [0, 0.05) is 42.0 Å². The Morgan fingerprint density at radius 3 is 2.23 bits per heavy atom. The molecule has 2 aromatic carbocycles. The summed E-state index contributed by atoms with van der Waals surface area (Å²) in [5.41, 5.74) is -4.45. The van der Waals surface area contributed by atoms with Gasteiger partial charge in [-0.3, -0.25) is 14.6 Å². The molecule has 0 spiro atoms. The van der Waals surface area contributed by atoms with Gasteiger partial charge in [0.15, 0.2) is 0 Å². The van der Waals surface area contributed by atoms with E-state index in [0.29, 0.717) is 12.1 Å². The van der Waals surface area contributed by atoms with Crippen LogP contribution in [0.2, 0.25) is 0 Å². The van der Waals surface area contributed by atoms with Gasteiger partial charge in [-0.25, -0.2) is 13.6 Å². The number of hydrogen-bond acceptors (Lipinski definition) is 6. The maximum absolute atomic E-state index is 14.9. The summed E-state index contributed by atoms with van der Waals surface area (Å²) in [6.07, 6.45) is -9.21. The van der Waals surface area contributed by atoms with Crippen molar-refractivity contribution in [1.82, 2.24) is 14.9 Å². The van der Waals surface area contributed by atoms with Crippen molar-refractivity contribution in [3.05, 3.63) is 93.0 Å². The van der Waals surface area contributed by atoms with Crippen LogP contribution in [0.3, 0.4) is 0 Å². The first-order valence-electron chi connectivity index (χ1n) is 14.2. The van der Waals surface area contributed by atoms with Crippen molar-refractivity contribution in [2.75, 3.05) is 12.4 Å². The van der Waals surface area contributed by atoms with E-state index in [-0.39, 0.29) is 27.7 Å². The second-order valence-electron chi connectivity index (χ2n) is 10.8. The first-order valence-corrected chi connectivity index (χ1v) is 14.2. The number of amides is 1. The average Bonchev–Trinajstić information content (AvgIpc) is 3.00. The minimum atomic E-state index is -4.90. The van der Waals surface area contributed by atoms with Crippen molar-refractivity contribution in [1.29, 1.82) is 0 Å². The van der Waals surface area contributed by atoms with Crippen molar-refractivity contribution in [2.45, 2.75) is 51.1 Å². The first-order chi connectivity index (χ1) is 22.4. The molecule has 0 aliphatic heterocycles. The van der Waals surface area contributed by atoms with E-state index in [4.69, 9.17) is 4.74 Å². The molecule has 0 radical (unpaired) electrons. The van der Waals surface area contributed by atoms with Crippen molar-refractivity contribution in [2.24, 2.45) is 7.05 Å². The van der Waals surface area contributed by atoms with Gasteiger partial charge in [-0.05, 0) is 43.2 Å². The van der Waals surface area contributed by atoms with Gasteiger partial charge in [-0.1, -0.05) is 25.1 Å². The number of benzene rings is 2. The fourth-order valence-electron chi connectivity index (χ4n) is 5.19. The summed E-state index contributed by atoms with van der Waals surface area (Å²) in [7, 11) is 2.29. The third-order valence-electron chi connectivity index (χ3n) is 7.73. The molecule has 0 saturated heterocycles. The number of halogens is 8. The predicted molar refractivity (Wildman–Crippen MR) is 159 cm³/mol. The number of aromatic nitrogens is 2. The van der Waals surface area contributed by atoms with Crippen molar-refractivity contribution >= 4 is 28.5 Å². The number of methoxy groups -OCH3 is 1. The van der Waals surface area contributed by atoms with E-state index in [9.17, 15) is 49.5 Å². The third kappa shape index (κ3) is 7.26. The number of carbonyl (C=O) groups is 2. The molecule has 16 heteroatoms. The third-order valence-corrected chi connectivity index (χ3v) is 7.73. The molecule has 8 nitrogen and oxygen atoms in total. The van der Waals surface area contributed by atoms with Crippen LogP contribution in [0.4, 0.5) is 40.8 Å². The molecule has 256 valence electrons. The van der Waals surface area contributed by atoms with E-state index in [0.717, 1.165) is 17.7 Å². The topological polar surface area (TPSA) is 102 Å². The van der Waals surface area contributed by atoms with Crippen LogP contribution in [0, 0.1) is 18.6 Å². The molecule has 4 rings (SSSR count). The van der Waals surface area contributed by atoms with Crippen LogP contribution in [-0.2, 0) is 29.2 Å². The monoisotopic (exact) mass is 684 g/mol. The Bertz CT molecular complexity index is 1920. The highest BCUT2D eigenvalue weighted by molar-refractivity contribution is 5.99. The van der Waals surface area contributed by atoms with E-state index in [1.807, 2.05) is 5.32 Å². The van der Waals surface area contributed by atoms with Gasteiger partial charge in [0.25, 0.3) is 11.5 Å². The number of carbonyl (C=O) groups excluding carboxylic acids is 2. The molecular formula is C32H28F8N4O4. The molecule has 1 amide bonds. The number of fused-ring (bicyclic) bond motifs is 1. The maximum atomic E-state index is 14.9. The van der Waals surface area contributed by atoms with Gasteiger partial charge in [0.2, 0.25) is 0 Å². The largest absolute Gasteiger partial charge is 0.467 e. The minimum absolute atomic E-state index is 0.0409. The SMILES string of the molecule is CC[C@@H](Nc1cc(F)c(C(=O)N[C@@H](Cc2ccc(-c3c(C(F)(F)F)cc(C)n(C)c3=O)c3ncccc23)C(=O)OC)c(F)c1)C(F)(F)F. The Morgan fingerprint density at radius 2 is 1.67 bits per heavy atom. The Kier molecular flexibility index (Phi) is 10.2. The Hall–Kier alpha value is -5.02. The maximum Gasteiger partial charge on any atom is 0.417 e. The van der Waals surface area contributed by atoms with E-state index < -0.39 is 88.7 Å². The molecular weight excluding hydrogens is 656 g/mol. The van der Waals surface area contributed by atoms with Crippen LogP contribution in [0.15, 0.2) is 53.5 Å². The quantitative estimate of drug-likeness (QED) is 0.155. The highest BCUT2D eigenvalue weighted by Gasteiger charge is 2.39. The number of ether oxygens (including phenoxy) is 1. The highest BCUT2D eigenvalue weighted by atomic mass is 19.4. The normalized spacial score (nSPS) is 13.2. The van der Waals surface area contributed by atoms with Gasteiger partial charge >= 0.3 is 18.3 Å². The van der Waals surface area contributed by atoms with E-state index >= 15 is 0 Å². The van der Waals surface area contributed by atoms with Gasteiger partial charge in [-0.15, -0.1) is 0 Å². The predicted octanol–water partition coefficient (Wildman–Crippen LogP) is 6.47. The van der Waals surface area contributed by atoms with Crippen LogP contribution in [-0.4, -0.2) is 46.8 Å². The van der Waals surface area contributed by atoms with E-state index in [2.05, 4.69) is 10.3 Å². The van der Waals surface area contributed by atoms with Crippen LogP contribution in [0.25, 0.3) is 22.0 Å². The number of aryl methyl sites for hydroxylation is 1. The summed E-state index contributed by atoms with van der Waals surface area (Å²) in [5, 5.41) is 4.32. The van der Waals surface area contributed by atoms with Gasteiger partial charge in [-0.2, -0.15) is 26.3 Å². The molecule has 0 saturated carbocycles. The summed E-state index contributed by atoms with van der Waals surface area (Å²) >= 11 is 0. The molecule has 0 fully saturated rings. The second-order valence-corrected chi connectivity index (χ2v) is 10.8. The summed E-state index contributed by atoms with van der Waals surface area (Å²) in [5.74, 6) is -5.54. The molecule has 4 aromatic rings. The molecule has 0 bridgehead atoms. The fourth-order valence-corrected chi connectivity index (χ4v) is 5.19. The molecule has 2 atom stereocenters.